The van der Waals surface area contributed by atoms with E-state index in [4.69, 9.17) is 21.1 Å². The van der Waals surface area contributed by atoms with Gasteiger partial charge in [0.2, 0.25) is 0 Å². The predicted molar refractivity (Wildman–Crippen MR) is 101 cm³/mol. The summed E-state index contributed by atoms with van der Waals surface area (Å²) in [5.74, 6) is 0.508. The lowest BCUT2D eigenvalue weighted by atomic mass is 9.84. The van der Waals surface area contributed by atoms with Gasteiger partial charge in [0.15, 0.2) is 6.61 Å². The van der Waals surface area contributed by atoms with Gasteiger partial charge in [-0.1, -0.05) is 43.5 Å². The average molecular weight is 382 g/mol. The Balaban J connectivity index is 2.02. The molecule has 1 saturated carbocycles. The number of carbonyl (C=O) groups excluding carboxylic acids is 2. The molecule has 1 fully saturated rings. The maximum Gasteiger partial charge on any atom is 0.307 e. The molecular formula is C20H28ClNO4. The smallest absolute Gasteiger partial charge is 0.307 e. The van der Waals surface area contributed by atoms with E-state index in [1.165, 1.54) is 6.42 Å². The molecule has 2 unspecified atom stereocenters. The lowest BCUT2D eigenvalue weighted by Crippen LogP contribution is -2.48. The number of hydrogen-bond acceptors (Lipinski definition) is 4. The van der Waals surface area contributed by atoms with E-state index in [1.54, 1.807) is 24.0 Å². The van der Waals surface area contributed by atoms with E-state index in [0.29, 0.717) is 29.8 Å². The number of para-hydroxylation sites is 1. The maximum absolute atomic E-state index is 12.8. The van der Waals surface area contributed by atoms with Gasteiger partial charge in [-0.2, -0.15) is 0 Å². The highest BCUT2D eigenvalue weighted by Gasteiger charge is 2.31. The minimum atomic E-state index is -0.277. The molecule has 0 radical (unpaired) electrons. The zero-order valence-corrected chi connectivity index (χ0v) is 16.3. The van der Waals surface area contributed by atoms with E-state index in [-0.39, 0.29) is 30.9 Å². The minimum absolute atomic E-state index is 0.0875. The Hall–Kier alpha value is -1.75. The van der Waals surface area contributed by atoms with Crippen LogP contribution in [0.4, 0.5) is 0 Å². The Labute approximate surface area is 160 Å². The third-order valence-corrected chi connectivity index (χ3v) is 5.15. The van der Waals surface area contributed by atoms with Crippen molar-refractivity contribution in [2.45, 2.75) is 52.0 Å². The first-order valence-corrected chi connectivity index (χ1v) is 9.73. The fourth-order valence-electron chi connectivity index (χ4n) is 3.46. The first-order chi connectivity index (χ1) is 12.5. The van der Waals surface area contributed by atoms with Crippen LogP contribution in [0.5, 0.6) is 5.75 Å². The van der Waals surface area contributed by atoms with Crippen LogP contribution >= 0.6 is 11.6 Å². The largest absolute Gasteiger partial charge is 0.482 e. The molecule has 1 aromatic carbocycles. The molecular weight excluding hydrogens is 354 g/mol. The minimum Gasteiger partial charge on any atom is -0.482 e. The van der Waals surface area contributed by atoms with Crippen molar-refractivity contribution in [3.63, 3.8) is 0 Å². The average Bonchev–Trinajstić information content (AvgIpc) is 2.63. The molecule has 2 rings (SSSR count). The molecule has 26 heavy (non-hydrogen) atoms. The van der Waals surface area contributed by atoms with E-state index in [9.17, 15) is 9.59 Å². The molecule has 0 aliphatic heterocycles. The molecule has 0 heterocycles. The first kappa shape index (κ1) is 20.6. The molecule has 144 valence electrons. The number of ether oxygens (including phenoxy) is 2. The van der Waals surface area contributed by atoms with Gasteiger partial charge in [0, 0.05) is 12.6 Å². The summed E-state index contributed by atoms with van der Waals surface area (Å²) in [5, 5.41) is 0.476. The second kappa shape index (κ2) is 10.4. The van der Waals surface area contributed by atoms with Crippen LogP contribution in [0.3, 0.4) is 0 Å². The van der Waals surface area contributed by atoms with Gasteiger partial charge in [0.25, 0.3) is 5.91 Å². The summed E-state index contributed by atoms with van der Waals surface area (Å²) in [6.45, 7) is 4.57. The van der Waals surface area contributed by atoms with E-state index in [1.807, 2.05) is 12.1 Å². The Morgan fingerprint density at radius 2 is 1.96 bits per heavy atom. The molecule has 0 saturated heterocycles. The van der Waals surface area contributed by atoms with Crippen LogP contribution < -0.4 is 4.74 Å². The standard InChI is InChI=1S/C20H28ClNO4/c1-3-25-20(24)12-13-22(17-10-6-4-8-15(17)2)19(23)14-26-18-11-7-5-9-16(18)21/h5,7,9,11,15,17H,3-4,6,8,10,12-14H2,1-2H3. The topological polar surface area (TPSA) is 55.8 Å². The fraction of sp³-hybridized carbons (Fsp3) is 0.600. The second-order valence-corrected chi connectivity index (χ2v) is 7.10. The Bertz CT molecular complexity index is 607. The lowest BCUT2D eigenvalue weighted by molar-refractivity contribution is -0.145. The van der Waals surface area contributed by atoms with Crippen LogP contribution in [0.2, 0.25) is 5.02 Å². The third-order valence-electron chi connectivity index (χ3n) is 4.84. The van der Waals surface area contributed by atoms with Crippen LogP contribution in [0, 0.1) is 5.92 Å². The maximum atomic E-state index is 12.8. The molecule has 6 heteroatoms. The van der Waals surface area contributed by atoms with Gasteiger partial charge in [-0.25, -0.2) is 0 Å². The summed E-state index contributed by atoms with van der Waals surface area (Å²) >= 11 is 6.09. The number of benzene rings is 1. The molecule has 2 atom stereocenters. The lowest BCUT2D eigenvalue weighted by Gasteiger charge is -2.38. The molecule has 1 aliphatic carbocycles. The van der Waals surface area contributed by atoms with Crippen LogP contribution in [0.1, 0.15) is 46.0 Å². The number of amides is 1. The van der Waals surface area contributed by atoms with Gasteiger partial charge in [0.1, 0.15) is 5.75 Å². The summed E-state index contributed by atoms with van der Waals surface area (Å²) in [7, 11) is 0. The Morgan fingerprint density at radius 3 is 2.65 bits per heavy atom. The van der Waals surface area contributed by atoms with Crippen molar-refractivity contribution < 1.29 is 19.1 Å². The zero-order valence-electron chi connectivity index (χ0n) is 15.6. The molecule has 1 amide bonds. The van der Waals surface area contributed by atoms with E-state index in [2.05, 4.69) is 6.92 Å². The first-order valence-electron chi connectivity index (χ1n) is 9.35. The van der Waals surface area contributed by atoms with Crippen molar-refractivity contribution in [1.82, 2.24) is 4.90 Å². The number of rotatable bonds is 8. The van der Waals surface area contributed by atoms with E-state index in [0.717, 1.165) is 19.3 Å². The summed E-state index contributed by atoms with van der Waals surface area (Å²) in [4.78, 5) is 26.4. The number of esters is 1. The van der Waals surface area contributed by atoms with Gasteiger partial charge in [-0.15, -0.1) is 0 Å². The number of nitrogens with zero attached hydrogens (tertiary/aromatic N) is 1. The van der Waals surface area contributed by atoms with Crippen molar-refractivity contribution in [3.8, 4) is 5.75 Å². The van der Waals surface area contributed by atoms with Crippen LogP contribution in [0.25, 0.3) is 0 Å². The van der Waals surface area contributed by atoms with Crippen LogP contribution in [-0.2, 0) is 14.3 Å². The number of carbonyl (C=O) groups is 2. The van der Waals surface area contributed by atoms with Gasteiger partial charge in [0.05, 0.1) is 18.1 Å². The summed E-state index contributed by atoms with van der Waals surface area (Å²) < 4.78 is 10.6. The van der Waals surface area contributed by atoms with Gasteiger partial charge in [-0.3, -0.25) is 9.59 Å². The highest BCUT2D eigenvalue weighted by atomic mass is 35.5. The van der Waals surface area contributed by atoms with E-state index < -0.39 is 0 Å². The molecule has 0 spiro atoms. The Morgan fingerprint density at radius 1 is 1.23 bits per heavy atom. The molecule has 0 aromatic heterocycles. The molecule has 1 aliphatic rings. The van der Waals surface area contributed by atoms with Crippen molar-refractivity contribution >= 4 is 23.5 Å². The van der Waals surface area contributed by atoms with Crippen molar-refractivity contribution in [2.75, 3.05) is 19.8 Å². The monoisotopic (exact) mass is 381 g/mol. The van der Waals surface area contributed by atoms with Crippen molar-refractivity contribution in [2.24, 2.45) is 5.92 Å². The van der Waals surface area contributed by atoms with Crippen LogP contribution in [0.15, 0.2) is 24.3 Å². The highest BCUT2D eigenvalue weighted by molar-refractivity contribution is 6.32. The SMILES string of the molecule is CCOC(=O)CCN(C(=O)COc1ccccc1Cl)C1CCCCC1C. The summed E-state index contributed by atoms with van der Waals surface area (Å²) in [6, 6.07) is 7.23. The summed E-state index contributed by atoms with van der Waals surface area (Å²) in [5.41, 5.74) is 0. The molecule has 0 bridgehead atoms. The van der Waals surface area contributed by atoms with Crippen LogP contribution in [-0.4, -0.2) is 42.6 Å². The quantitative estimate of drug-likeness (QED) is 0.636. The molecule has 5 nitrogen and oxygen atoms in total. The fourth-order valence-corrected chi connectivity index (χ4v) is 3.65. The summed E-state index contributed by atoms with van der Waals surface area (Å²) in [6.07, 6.45) is 4.55. The van der Waals surface area contributed by atoms with E-state index >= 15 is 0 Å². The third kappa shape index (κ3) is 5.90. The Kier molecular flexibility index (Phi) is 8.23. The second-order valence-electron chi connectivity index (χ2n) is 6.69. The number of hydrogen-bond donors (Lipinski definition) is 0. The molecule has 1 aromatic rings. The normalized spacial score (nSPS) is 19.7. The molecule has 0 N–H and O–H groups in total. The predicted octanol–water partition coefficient (Wildman–Crippen LogP) is 4.08. The zero-order chi connectivity index (χ0) is 18.9. The van der Waals surface area contributed by atoms with Crippen molar-refractivity contribution in [1.29, 1.82) is 0 Å². The van der Waals surface area contributed by atoms with Gasteiger partial charge < -0.3 is 14.4 Å². The van der Waals surface area contributed by atoms with Gasteiger partial charge in [-0.05, 0) is 37.8 Å². The van der Waals surface area contributed by atoms with Crippen molar-refractivity contribution in [3.05, 3.63) is 29.3 Å². The highest BCUT2D eigenvalue weighted by Crippen LogP contribution is 2.29. The number of halogens is 1. The van der Waals surface area contributed by atoms with Gasteiger partial charge >= 0.3 is 5.97 Å².